The molecule has 0 saturated carbocycles. The first kappa shape index (κ1) is 18.9. The van der Waals surface area contributed by atoms with Crippen LogP contribution in [0, 0.1) is 0 Å². The summed E-state index contributed by atoms with van der Waals surface area (Å²) in [5.41, 5.74) is 7.94. The molecule has 0 fully saturated rings. The number of thiocarbonyl (C=S) groups is 1. The number of furan rings is 1. The van der Waals surface area contributed by atoms with Crippen molar-refractivity contribution in [2.75, 3.05) is 5.32 Å². The van der Waals surface area contributed by atoms with Gasteiger partial charge in [-0.3, -0.25) is 15.6 Å². The quantitative estimate of drug-likeness (QED) is 0.434. The van der Waals surface area contributed by atoms with Gasteiger partial charge >= 0.3 is 5.91 Å². The zero-order valence-electron chi connectivity index (χ0n) is 14.6. The van der Waals surface area contributed by atoms with E-state index in [1.807, 2.05) is 42.5 Å². The number of carbonyl (C=O) groups excluding carboxylic acids is 1. The van der Waals surface area contributed by atoms with Gasteiger partial charge in [-0.1, -0.05) is 42.8 Å². The second-order valence-electron chi connectivity index (χ2n) is 5.73. The van der Waals surface area contributed by atoms with Crippen molar-refractivity contribution in [3.8, 4) is 11.3 Å². The number of aryl methyl sites for hydroxylation is 1. The smallest absolute Gasteiger partial charge is 0.305 e. The first-order chi connectivity index (χ1) is 13.1. The lowest BCUT2D eigenvalue weighted by molar-refractivity contribution is 0.0917. The highest BCUT2D eigenvalue weighted by molar-refractivity contribution is 7.80. The van der Waals surface area contributed by atoms with Crippen molar-refractivity contribution in [1.82, 2.24) is 10.9 Å². The first-order valence-corrected chi connectivity index (χ1v) is 9.16. The fourth-order valence-corrected chi connectivity index (χ4v) is 2.82. The molecule has 27 heavy (non-hydrogen) atoms. The van der Waals surface area contributed by atoms with E-state index >= 15 is 0 Å². The van der Waals surface area contributed by atoms with Gasteiger partial charge in [0.1, 0.15) is 5.76 Å². The third-order valence-electron chi connectivity index (χ3n) is 3.88. The number of benzene rings is 2. The summed E-state index contributed by atoms with van der Waals surface area (Å²) in [6, 6.07) is 18.4. The van der Waals surface area contributed by atoms with E-state index in [2.05, 4.69) is 23.1 Å². The van der Waals surface area contributed by atoms with E-state index in [0.717, 1.165) is 17.7 Å². The highest BCUT2D eigenvalue weighted by atomic mass is 35.5. The summed E-state index contributed by atoms with van der Waals surface area (Å²) in [7, 11) is 0. The molecule has 0 unspecified atom stereocenters. The Morgan fingerprint density at radius 1 is 1.04 bits per heavy atom. The van der Waals surface area contributed by atoms with E-state index < -0.39 is 5.91 Å². The number of amides is 1. The number of hydrogen-bond acceptors (Lipinski definition) is 3. The Morgan fingerprint density at radius 2 is 1.78 bits per heavy atom. The number of hydrazine groups is 1. The van der Waals surface area contributed by atoms with Crippen LogP contribution in [0.1, 0.15) is 23.0 Å². The van der Waals surface area contributed by atoms with Crippen molar-refractivity contribution in [2.45, 2.75) is 13.3 Å². The third kappa shape index (κ3) is 4.87. The van der Waals surface area contributed by atoms with Crippen LogP contribution in [0.2, 0.25) is 5.02 Å². The fraction of sp³-hybridized carbons (Fsp3) is 0.100. The highest BCUT2D eigenvalue weighted by Gasteiger charge is 2.14. The average molecular weight is 400 g/mol. The Balaban J connectivity index is 1.56. The summed E-state index contributed by atoms with van der Waals surface area (Å²) in [6.45, 7) is 2.09. The van der Waals surface area contributed by atoms with E-state index in [1.54, 1.807) is 18.2 Å². The maximum Gasteiger partial charge on any atom is 0.305 e. The molecule has 0 radical (unpaired) electrons. The summed E-state index contributed by atoms with van der Waals surface area (Å²) in [5.74, 6) is 0.216. The molecule has 0 bridgehead atoms. The van der Waals surface area contributed by atoms with Crippen molar-refractivity contribution in [3.63, 3.8) is 0 Å². The topological polar surface area (TPSA) is 66.3 Å². The van der Waals surface area contributed by atoms with Crippen LogP contribution >= 0.6 is 23.8 Å². The maximum absolute atomic E-state index is 12.2. The molecule has 2 aromatic carbocycles. The molecule has 0 aliphatic carbocycles. The lowest BCUT2D eigenvalue weighted by Crippen LogP contribution is -2.43. The van der Waals surface area contributed by atoms with Gasteiger partial charge in [-0.2, -0.15) is 0 Å². The zero-order chi connectivity index (χ0) is 19.2. The van der Waals surface area contributed by atoms with Crippen molar-refractivity contribution in [1.29, 1.82) is 0 Å². The Labute approximate surface area is 167 Å². The molecule has 1 heterocycles. The number of anilines is 1. The van der Waals surface area contributed by atoms with E-state index in [0.29, 0.717) is 10.8 Å². The van der Waals surface area contributed by atoms with Gasteiger partial charge in [0.15, 0.2) is 10.9 Å². The van der Waals surface area contributed by atoms with E-state index in [-0.39, 0.29) is 10.9 Å². The number of nitrogens with one attached hydrogen (secondary N) is 3. The second kappa shape index (κ2) is 8.70. The van der Waals surface area contributed by atoms with Crippen LogP contribution in [-0.2, 0) is 6.42 Å². The molecular formula is C20H18ClN3O2S. The number of hydrogen-bond donors (Lipinski definition) is 3. The minimum Gasteiger partial charge on any atom is -0.451 e. The van der Waals surface area contributed by atoms with Gasteiger partial charge in [-0.15, -0.1) is 0 Å². The predicted molar refractivity (Wildman–Crippen MR) is 112 cm³/mol. The number of halogens is 1. The Kier molecular flexibility index (Phi) is 6.11. The summed E-state index contributed by atoms with van der Waals surface area (Å²) in [6.07, 6.45) is 0.971. The molecular weight excluding hydrogens is 382 g/mol. The fourth-order valence-electron chi connectivity index (χ4n) is 2.43. The summed E-state index contributed by atoms with van der Waals surface area (Å²) in [5, 5.41) is 3.82. The molecule has 3 N–H and O–H groups in total. The van der Waals surface area contributed by atoms with Crippen LogP contribution in [0.4, 0.5) is 5.69 Å². The Morgan fingerprint density at radius 3 is 2.48 bits per heavy atom. The minimum absolute atomic E-state index is 0.146. The summed E-state index contributed by atoms with van der Waals surface area (Å²) < 4.78 is 5.59. The van der Waals surface area contributed by atoms with Gasteiger partial charge in [0, 0.05) is 11.3 Å². The zero-order valence-corrected chi connectivity index (χ0v) is 16.2. The normalized spacial score (nSPS) is 10.3. The van der Waals surface area contributed by atoms with Gasteiger partial charge < -0.3 is 9.73 Å². The van der Waals surface area contributed by atoms with Crippen LogP contribution in [0.3, 0.4) is 0 Å². The predicted octanol–water partition coefficient (Wildman–Crippen LogP) is 4.79. The Bertz CT molecular complexity index is 954. The van der Waals surface area contributed by atoms with E-state index in [9.17, 15) is 4.79 Å². The van der Waals surface area contributed by atoms with E-state index in [4.69, 9.17) is 28.2 Å². The molecule has 1 amide bonds. The molecule has 0 spiro atoms. The van der Waals surface area contributed by atoms with Crippen LogP contribution in [0.15, 0.2) is 65.1 Å². The lowest BCUT2D eigenvalue weighted by atomic mass is 10.1. The molecule has 3 aromatic rings. The van der Waals surface area contributed by atoms with Crippen molar-refractivity contribution >= 4 is 40.5 Å². The van der Waals surface area contributed by atoms with Gasteiger partial charge in [0.2, 0.25) is 0 Å². The van der Waals surface area contributed by atoms with Gasteiger partial charge in [-0.25, -0.2) is 0 Å². The maximum atomic E-state index is 12.2. The SMILES string of the molecule is CCc1ccc(NC(=S)NNC(=O)c2ccc(-c3ccccc3Cl)o2)cc1. The summed E-state index contributed by atoms with van der Waals surface area (Å²) >= 11 is 11.3. The van der Waals surface area contributed by atoms with Crippen LogP contribution < -0.4 is 16.2 Å². The van der Waals surface area contributed by atoms with Crippen LogP contribution in [-0.4, -0.2) is 11.0 Å². The third-order valence-corrected chi connectivity index (χ3v) is 4.41. The Hall–Kier alpha value is -2.83. The van der Waals surface area contributed by atoms with Gasteiger partial charge in [-0.05, 0) is 60.6 Å². The molecule has 138 valence electrons. The second-order valence-corrected chi connectivity index (χ2v) is 6.54. The van der Waals surface area contributed by atoms with E-state index in [1.165, 1.54) is 5.56 Å². The lowest BCUT2D eigenvalue weighted by Gasteiger charge is -2.11. The van der Waals surface area contributed by atoms with Gasteiger partial charge in [0.05, 0.1) is 5.02 Å². The highest BCUT2D eigenvalue weighted by Crippen LogP contribution is 2.28. The standard InChI is InChI=1S/C20H18ClN3O2S/c1-2-13-7-9-14(10-8-13)22-20(27)24-23-19(25)18-12-11-17(26-18)15-5-3-4-6-16(15)21/h3-12H,2H2,1H3,(H,23,25)(H2,22,24,27). The van der Waals surface area contributed by atoms with Crippen molar-refractivity contribution < 1.29 is 9.21 Å². The van der Waals surface area contributed by atoms with Crippen molar-refractivity contribution in [3.05, 3.63) is 77.0 Å². The van der Waals surface area contributed by atoms with Crippen LogP contribution in [0.5, 0.6) is 0 Å². The molecule has 5 nitrogen and oxygen atoms in total. The molecule has 0 atom stereocenters. The van der Waals surface area contributed by atoms with Gasteiger partial charge in [0.25, 0.3) is 0 Å². The average Bonchev–Trinajstić information content (AvgIpc) is 3.17. The van der Waals surface area contributed by atoms with Crippen LogP contribution in [0.25, 0.3) is 11.3 Å². The number of carbonyl (C=O) groups is 1. The van der Waals surface area contributed by atoms with Crippen molar-refractivity contribution in [2.24, 2.45) is 0 Å². The minimum atomic E-state index is -0.446. The first-order valence-electron chi connectivity index (χ1n) is 8.38. The number of rotatable bonds is 4. The molecule has 1 aromatic heterocycles. The monoisotopic (exact) mass is 399 g/mol. The molecule has 0 saturated heterocycles. The molecule has 7 heteroatoms. The molecule has 3 rings (SSSR count). The summed E-state index contributed by atoms with van der Waals surface area (Å²) in [4.78, 5) is 12.2. The largest absolute Gasteiger partial charge is 0.451 e. The molecule has 0 aliphatic heterocycles. The molecule has 0 aliphatic rings.